The lowest BCUT2D eigenvalue weighted by Gasteiger charge is -2.02. The van der Waals surface area contributed by atoms with Crippen LogP contribution in [-0.4, -0.2) is 9.78 Å². The maximum Gasteiger partial charge on any atom is 0.238 e. The number of aryl methyl sites for hydroxylation is 1. The second kappa shape index (κ2) is 4.38. The highest BCUT2D eigenvalue weighted by Gasteiger charge is 2.04. The monoisotopic (exact) mass is 223 g/mol. The van der Waals surface area contributed by atoms with Gasteiger partial charge >= 0.3 is 0 Å². The number of nitriles is 2. The molecule has 17 heavy (non-hydrogen) atoms. The van der Waals surface area contributed by atoms with Gasteiger partial charge in [0.1, 0.15) is 5.75 Å². The van der Waals surface area contributed by atoms with Crippen LogP contribution >= 0.6 is 0 Å². The van der Waals surface area contributed by atoms with Gasteiger partial charge in [0, 0.05) is 13.1 Å². The fourth-order valence-corrected chi connectivity index (χ4v) is 1.31. The largest absolute Gasteiger partial charge is 0.437 e. The molecular formula is C12H7N4O. The van der Waals surface area contributed by atoms with Crippen molar-refractivity contribution in [2.45, 2.75) is 0 Å². The van der Waals surface area contributed by atoms with Crippen molar-refractivity contribution in [3.63, 3.8) is 0 Å². The zero-order chi connectivity index (χ0) is 12.3. The maximum absolute atomic E-state index is 8.81. The van der Waals surface area contributed by atoms with Crippen LogP contribution in [0.3, 0.4) is 0 Å². The smallest absolute Gasteiger partial charge is 0.238 e. The van der Waals surface area contributed by atoms with E-state index in [0.717, 1.165) is 0 Å². The van der Waals surface area contributed by atoms with Crippen molar-refractivity contribution >= 4 is 0 Å². The van der Waals surface area contributed by atoms with Crippen LogP contribution in [0.25, 0.3) is 0 Å². The molecular weight excluding hydrogens is 216 g/mol. The third-order valence-corrected chi connectivity index (χ3v) is 2.01. The molecule has 1 aromatic heterocycles. The Hall–Kier alpha value is -2.79. The summed E-state index contributed by atoms with van der Waals surface area (Å²) in [5.74, 6) is 0.777. The number of rotatable bonds is 2. The molecule has 1 heterocycles. The quantitative estimate of drug-likeness (QED) is 0.777. The number of hydrogen-bond donors (Lipinski definition) is 0. The van der Waals surface area contributed by atoms with E-state index in [1.807, 2.05) is 12.1 Å². The highest BCUT2D eigenvalue weighted by Crippen LogP contribution is 2.21. The summed E-state index contributed by atoms with van der Waals surface area (Å²) < 4.78 is 6.90. The number of hydrogen-bond acceptors (Lipinski definition) is 4. The first-order valence-electron chi connectivity index (χ1n) is 4.76. The van der Waals surface area contributed by atoms with Crippen LogP contribution in [0.15, 0.2) is 24.3 Å². The van der Waals surface area contributed by atoms with Gasteiger partial charge in [-0.3, -0.25) is 4.68 Å². The van der Waals surface area contributed by atoms with Crippen molar-refractivity contribution in [2.24, 2.45) is 7.05 Å². The Kier molecular flexibility index (Phi) is 2.76. The molecule has 5 heteroatoms. The van der Waals surface area contributed by atoms with Crippen LogP contribution in [0, 0.1) is 28.9 Å². The molecule has 0 atom stereocenters. The van der Waals surface area contributed by atoms with E-state index < -0.39 is 0 Å². The third-order valence-electron chi connectivity index (χ3n) is 2.01. The van der Waals surface area contributed by atoms with Crippen LogP contribution in [0.2, 0.25) is 0 Å². The van der Waals surface area contributed by atoms with Gasteiger partial charge in [0.25, 0.3) is 0 Å². The molecule has 1 aromatic carbocycles. The molecule has 0 aliphatic heterocycles. The number of ether oxygens (including phenoxy) is 1. The van der Waals surface area contributed by atoms with E-state index in [1.54, 1.807) is 25.2 Å². The maximum atomic E-state index is 8.81. The second-order valence-electron chi connectivity index (χ2n) is 3.31. The Morgan fingerprint density at radius 1 is 1.24 bits per heavy atom. The van der Waals surface area contributed by atoms with Gasteiger partial charge in [-0.2, -0.15) is 10.5 Å². The lowest BCUT2D eigenvalue weighted by Crippen LogP contribution is -1.91. The fraction of sp³-hybridized carbons (Fsp3) is 0.0833. The van der Waals surface area contributed by atoms with Crippen molar-refractivity contribution < 1.29 is 4.74 Å². The summed E-state index contributed by atoms with van der Waals surface area (Å²) in [6, 6.07) is 10.1. The first-order chi connectivity index (χ1) is 8.21. The number of nitrogens with zero attached hydrogens (tertiary/aromatic N) is 4. The molecule has 0 saturated heterocycles. The fourth-order valence-electron chi connectivity index (χ4n) is 1.31. The highest BCUT2D eigenvalue weighted by molar-refractivity contribution is 5.46. The zero-order valence-electron chi connectivity index (χ0n) is 9.01. The van der Waals surface area contributed by atoms with Crippen LogP contribution in [0.5, 0.6) is 11.6 Å². The molecule has 0 aliphatic carbocycles. The predicted molar refractivity (Wildman–Crippen MR) is 58.0 cm³/mol. The molecule has 81 valence electrons. The summed E-state index contributed by atoms with van der Waals surface area (Å²) in [7, 11) is 1.72. The topological polar surface area (TPSA) is 74.6 Å². The van der Waals surface area contributed by atoms with Crippen molar-refractivity contribution in [2.75, 3.05) is 0 Å². The van der Waals surface area contributed by atoms with Crippen LogP contribution < -0.4 is 4.74 Å². The lowest BCUT2D eigenvalue weighted by molar-refractivity contribution is 0.453. The molecule has 0 unspecified atom stereocenters. The van der Waals surface area contributed by atoms with E-state index in [9.17, 15) is 0 Å². The van der Waals surface area contributed by atoms with Crippen LogP contribution in [-0.2, 0) is 7.05 Å². The highest BCUT2D eigenvalue weighted by atomic mass is 16.5. The molecule has 0 bridgehead atoms. The molecule has 0 amide bonds. The molecule has 0 saturated carbocycles. The molecule has 2 aromatic rings. The average Bonchev–Trinajstić information content (AvgIpc) is 2.74. The molecule has 0 N–H and O–H groups in total. The zero-order valence-corrected chi connectivity index (χ0v) is 9.01. The number of benzene rings is 1. The molecule has 2 rings (SSSR count). The van der Waals surface area contributed by atoms with Crippen LogP contribution in [0.1, 0.15) is 11.1 Å². The van der Waals surface area contributed by atoms with Gasteiger partial charge in [-0.05, 0) is 18.2 Å². The minimum atomic E-state index is 0.367. The van der Waals surface area contributed by atoms with Crippen molar-refractivity contribution in [1.82, 2.24) is 9.78 Å². The van der Waals surface area contributed by atoms with Gasteiger partial charge in [0.05, 0.1) is 29.5 Å². The summed E-state index contributed by atoms with van der Waals surface area (Å²) in [4.78, 5) is 0. The Balaban J connectivity index is 2.33. The SMILES string of the molecule is Cn1[c]cc(Oc2cc(C#N)cc(C#N)c2)n1. The predicted octanol–water partition coefficient (Wildman–Crippen LogP) is 1.76. The standard InChI is InChI=1S/C12H7N4O/c1-16-3-2-12(15-16)17-11-5-9(7-13)4-10(6-11)8-14/h2,4-6H,1H3. The van der Waals surface area contributed by atoms with Gasteiger partial charge in [-0.15, -0.1) is 5.10 Å². The van der Waals surface area contributed by atoms with Crippen molar-refractivity contribution in [3.8, 4) is 23.8 Å². The Morgan fingerprint density at radius 2 is 1.88 bits per heavy atom. The van der Waals surface area contributed by atoms with Crippen molar-refractivity contribution in [3.05, 3.63) is 41.6 Å². The summed E-state index contributed by atoms with van der Waals surface area (Å²) in [5, 5.41) is 21.6. The first-order valence-corrected chi connectivity index (χ1v) is 4.76. The first kappa shape index (κ1) is 10.7. The summed E-state index contributed by atoms with van der Waals surface area (Å²) in [6.45, 7) is 0. The van der Waals surface area contributed by atoms with Gasteiger partial charge in [0.2, 0.25) is 5.88 Å². The minimum absolute atomic E-state index is 0.367. The summed E-state index contributed by atoms with van der Waals surface area (Å²) in [6.07, 6.45) is 2.80. The van der Waals surface area contributed by atoms with E-state index in [4.69, 9.17) is 15.3 Å². The number of aromatic nitrogens is 2. The van der Waals surface area contributed by atoms with Gasteiger partial charge in [-0.1, -0.05) is 0 Å². The third kappa shape index (κ3) is 2.42. The average molecular weight is 223 g/mol. The molecule has 0 spiro atoms. The van der Waals surface area contributed by atoms with Crippen molar-refractivity contribution in [1.29, 1.82) is 10.5 Å². The minimum Gasteiger partial charge on any atom is -0.437 e. The Bertz CT molecular complexity index is 598. The van der Waals surface area contributed by atoms with E-state index >= 15 is 0 Å². The molecule has 1 radical (unpaired) electrons. The lowest BCUT2D eigenvalue weighted by atomic mass is 10.1. The van der Waals surface area contributed by atoms with Gasteiger partial charge in [-0.25, -0.2) is 0 Å². The van der Waals surface area contributed by atoms with E-state index in [-0.39, 0.29) is 0 Å². The van der Waals surface area contributed by atoms with E-state index in [0.29, 0.717) is 22.8 Å². The van der Waals surface area contributed by atoms with Crippen LogP contribution in [0.4, 0.5) is 0 Å². The molecule has 0 fully saturated rings. The Morgan fingerprint density at radius 3 is 2.35 bits per heavy atom. The molecule has 5 nitrogen and oxygen atoms in total. The van der Waals surface area contributed by atoms with Gasteiger partial charge in [0.15, 0.2) is 0 Å². The summed E-state index contributed by atoms with van der Waals surface area (Å²) in [5.41, 5.74) is 0.748. The summed E-state index contributed by atoms with van der Waals surface area (Å²) >= 11 is 0. The Labute approximate surface area is 98.1 Å². The molecule has 0 aliphatic rings. The normalized spacial score (nSPS) is 9.35. The van der Waals surface area contributed by atoms with E-state index in [1.165, 1.54) is 10.7 Å². The van der Waals surface area contributed by atoms with E-state index in [2.05, 4.69) is 11.3 Å². The second-order valence-corrected chi connectivity index (χ2v) is 3.31. The van der Waals surface area contributed by atoms with Gasteiger partial charge < -0.3 is 4.74 Å².